The SMILES string of the molecule is O=C(c1ccccc1)[C@H]1OC(=O)N(C2(c3ccccc3)c3ccccc3-c3ccccc32)[C@@H]1C(=O)c1ccccc1. The van der Waals surface area contributed by atoms with Crippen LogP contribution < -0.4 is 0 Å². The van der Waals surface area contributed by atoms with E-state index in [-0.39, 0.29) is 5.78 Å². The fourth-order valence-electron chi connectivity index (χ4n) is 6.42. The molecule has 41 heavy (non-hydrogen) atoms. The first-order chi connectivity index (χ1) is 20.1. The van der Waals surface area contributed by atoms with E-state index >= 15 is 0 Å². The standard InChI is InChI=1S/C36H25NO4/c38-32(24-14-4-1-5-15-24)31-34(33(39)25-16-6-2-7-17-25)41-35(40)37(31)36(26-18-8-3-9-19-26)29-22-12-10-20-27(29)28-21-11-13-23-30(28)36/h1-23,31,34H/t31-,34+/m1/s1. The molecule has 1 heterocycles. The smallest absolute Gasteiger partial charge is 0.412 e. The molecule has 1 aliphatic heterocycles. The summed E-state index contributed by atoms with van der Waals surface area (Å²) < 4.78 is 5.95. The first kappa shape index (κ1) is 24.7. The summed E-state index contributed by atoms with van der Waals surface area (Å²) in [6.07, 6.45) is -2.05. The molecule has 5 nitrogen and oxygen atoms in total. The number of amides is 1. The number of carbonyl (C=O) groups excluding carboxylic acids is 3. The number of ether oxygens (including phenoxy) is 1. The third-order valence-electron chi connectivity index (χ3n) is 8.11. The normalized spacial score (nSPS) is 18.3. The van der Waals surface area contributed by atoms with Crippen LogP contribution in [-0.4, -0.2) is 34.7 Å². The Bertz CT molecular complexity index is 1740. The maximum atomic E-state index is 14.5. The van der Waals surface area contributed by atoms with Crippen LogP contribution in [0.25, 0.3) is 11.1 Å². The minimum absolute atomic E-state index is 0.358. The van der Waals surface area contributed by atoms with E-state index in [2.05, 4.69) is 0 Å². The lowest BCUT2D eigenvalue weighted by atomic mass is 9.77. The molecule has 5 aromatic carbocycles. The van der Waals surface area contributed by atoms with Crippen LogP contribution in [0.4, 0.5) is 4.79 Å². The van der Waals surface area contributed by atoms with Crippen molar-refractivity contribution < 1.29 is 19.1 Å². The van der Waals surface area contributed by atoms with Gasteiger partial charge in [0.05, 0.1) is 0 Å². The summed E-state index contributed by atoms with van der Waals surface area (Å²) in [6.45, 7) is 0. The van der Waals surface area contributed by atoms with E-state index < -0.39 is 29.6 Å². The highest BCUT2D eigenvalue weighted by atomic mass is 16.6. The molecule has 0 saturated carbocycles. The fraction of sp³-hybridized carbons (Fsp3) is 0.0833. The molecule has 5 heteroatoms. The Hall–Kier alpha value is -5.29. The van der Waals surface area contributed by atoms with Gasteiger partial charge in [-0.25, -0.2) is 4.79 Å². The van der Waals surface area contributed by atoms with Crippen LogP contribution >= 0.6 is 0 Å². The predicted molar refractivity (Wildman–Crippen MR) is 156 cm³/mol. The third-order valence-corrected chi connectivity index (χ3v) is 8.11. The van der Waals surface area contributed by atoms with Crippen molar-refractivity contribution >= 4 is 17.7 Å². The van der Waals surface area contributed by atoms with E-state index in [0.29, 0.717) is 11.1 Å². The molecule has 1 aliphatic carbocycles. The first-order valence-electron chi connectivity index (χ1n) is 13.6. The second-order valence-electron chi connectivity index (χ2n) is 10.2. The summed E-state index contributed by atoms with van der Waals surface area (Å²) in [7, 11) is 0. The molecule has 7 rings (SSSR count). The number of cyclic esters (lactones) is 1. The quantitative estimate of drug-likeness (QED) is 0.222. The number of hydrogen-bond acceptors (Lipinski definition) is 4. The number of fused-ring (bicyclic) bond motifs is 3. The van der Waals surface area contributed by atoms with Gasteiger partial charge in [0.25, 0.3) is 0 Å². The van der Waals surface area contributed by atoms with Gasteiger partial charge in [-0.15, -0.1) is 0 Å². The van der Waals surface area contributed by atoms with Gasteiger partial charge >= 0.3 is 6.09 Å². The summed E-state index contributed by atoms with van der Waals surface area (Å²) in [5.41, 5.74) is 3.98. The second-order valence-corrected chi connectivity index (χ2v) is 10.2. The number of ketones is 2. The lowest BCUT2D eigenvalue weighted by Gasteiger charge is -2.42. The Morgan fingerprint density at radius 1 is 0.561 bits per heavy atom. The zero-order valence-electron chi connectivity index (χ0n) is 22.0. The zero-order chi connectivity index (χ0) is 28.0. The average Bonchev–Trinajstić information content (AvgIpc) is 3.54. The highest BCUT2D eigenvalue weighted by Crippen LogP contribution is 2.56. The van der Waals surface area contributed by atoms with E-state index in [9.17, 15) is 14.4 Å². The van der Waals surface area contributed by atoms with Crippen LogP contribution in [-0.2, 0) is 10.3 Å². The van der Waals surface area contributed by atoms with Crippen molar-refractivity contribution in [2.45, 2.75) is 17.7 Å². The average molecular weight is 536 g/mol. The number of carbonyl (C=O) groups is 3. The minimum atomic E-state index is -1.34. The van der Waals surface area contributed by atoms with Crippen LogP contribution in [0.3, 0.4) is 0 Å². The van der Waals surface area contributed by atoms with Gasteiger partial charge in [0.15, 0.2) is 11.9 Å². The summed E-state index contributed by atoms with van der Waals surface area (Å²) in [6, 6.07) is 41.8. The van der Waals surface area contributed by atoms with E-state index in [1.54, 1.807) is 48.5 Å². The van der Waals surface area contributed by atoms with Crippen molar-refractivity contribution in [3.05, 3.63) is 167 Å². The number of Topliss-reactive ketones (excluding diaryl/α,β-unsaturated/α-hetero) is 2. The van der Waals surface area contributed by atoms with Gasteiger partial charge in [0.2, 0.25) is 5.78 Å². The van der Waals surface area contributed by atoms with Crippen molar-refractivity contribution in [2.75, 3.05) is 0 Å². The Kier molecular flexibility index (Phi) is 5.86. The van der Waals surface area contributed by atoms with Crippen LogP contribution in [0.1, 0.15) is 37.4 Å². The van der Waals surface area contributed by atoms with Gasteiger partial charge in [-0.05, 0) is 27.8 Å². The molecule has 0 unspecified atom stereocenters. The van der Waals surface area contributed by atoms with E-state index in [1.807, 2.05) is 91.0 Å². The van der Waals surface area contributed by atoms with E-state index in [1.165, 1.54) is 4.90 Å². The van der Waals surface area contributed by atoms with Crippen molar-refractivity contribution in [1.82, 2.24) is 4.90 Å². The second kappa shape index (κ2) is 9.72. The van der Waals surface area contributed by atoms with Crippen molar-refractivity contribution in [3.8, 4) is 11.1 Å². The number of hydrogen-bond donors (Lipinski definition) is 0. The van der Waals surface area contributed by atoms with Gasteiger partial charge in [0.1, 0.15) is 11.6 Å². The molecule has 0 radical (unpaired) electrons. The molecule has 5 aromatic rings. The summed E-state index contributed by atoms with van der Waals surface area (Å²) in [5, 5.41) is 0. The van der Waals surface area contributed by atoms with Gasteiger partial charge in [-0.3, -0.25) is 14.5 Å². The molecule has 198 valence electrons. The monoisotopic (exact) mass is 535 g/mol. The molecule has 1 fully saturated rings. The number of benzene rings is 5. The Morgan fingerprint density at radius 3 is 1.54 bits per heavy atom. The summed E-state index contributed by atoms with van der Waals surface area (Å²) in [5.74, 6) is -0.776. The van der Waals surface area contributed by atoms with Gasteiger partial charge in [0, 0.05) is 11.1 Å². The highest BCUT2D eigenvalue weighted by Gasteiger charge is 2.61. The Balaban J connectivity index is 1.52. The maximum Gasteiger partial charge on any atom is 0.412 e. The van der Waals surface area contributed by atoms with Crippen LogP contribution in [0.2, 0.25) is 0 Å². The predicted octanol–water partition coefficient (Wildman–Crippen LogP) is 6.91. The fourth-order valence-corrected chi connectivity index (χ4v) is 6.42. The van der Waals surface area contributed by atoms with Crippen molar-refractivity contribution in [2.24, 2.45) is 0 Å². The topological polar surface area (TPSA) is 63.7 Å². The van der Waals surface area contributed by atoms with E-state index in [4.69, 9.17) is 4.74 Å². The number of nitrogens with zero attached hydrogens (tertiary/aromatic N) is 1. The lowest BCUT2D eigenvalue weighted by Crippen LogP contribution is -2.56. The first-order valence-corrected chi connectivity index (χ1v) is 13.6. The largest absolute Gasteiger partial charge is 0.435 e. The van der Waals surface area contributed by atoms with Gasteiger partial charge in [-0.2, -0.15) is 0 Å². The Labute approximate surface area is 237 Å². The zero-order valence-corrected chi connectivity index (χ0v) is 22.0. The van der Waals surface area contributed by atoms with Crippen LogP contribution in [0.5, 0.6) is 0 Å². The molecule has 0 aromatic heterocycles. The molecule has 1 saturated heterocycles. The van der Waals surface area contributed by atoms with Gasteiger partial charge in [-0.1, -0.05) is 140 Å². The number of rotatable bonds is 6. The van der Waals surface area contributed by atoms with Crippen LogP contribution in [0.15, 0.2) is 140 Å². The minimum Gasteiger partial charge on any atom is -0.435 e. The molecule has 2 aliphatic rings. The molecule has 0 N–H and O–H groups in total. The van der Waals surface area contributed by atoms with Crippen molar-refractivity contribution in [3.63, 3.8) is 0 Å². The summed E-state index contributed by atoms with van der Waals surface area (Å²) in [4.78, 5) is 44.2. The maximum absolute atomic E-state index is 14.5. The molecule has 0 bridgehead atoms. The Morgan fingerprint density at radius 2 is 1.00 bits per heavy atom. The van der Waals surface area contributed by atoms with Crippen molar-refractivity contribution in [1.29, 1.82) is 0 Å². The molecular weight excluding hydrogens is 510 g/mol. The molecular formula is C36H25NO4. The molecule has 2 atom stereocenters. The highest BCUT2D eigenvalue weighted by molar-refractivity contribution is 6.11. The third kappa shape index (κ3) is 3.66. The van der Waals surface area contributed by atoms with E-state index in [0.717, 1.165) is 27.8 Å². The lowest BCUT2D eigenvalue weighted by molar-refractivity contribution is 0.0654. The summed E-state index contributed by atoms with van der Waals surface area (Å²) >= 11 is 0. The van der Waals surface area contributed by atoms with Gasteiger partial charge < -0.3 is 4.74 Å². The molecule has 0 spiro atoms. The van der Waals surface area contributed by atoms with Crippen LogP contribution in [0, 0.1) is 0 Å². The molecule has 1 amide bonds.